The highest BCUT2D eigenvalue weighted by atomic mass is 16.6. The molecule has 1 unspecified atom stereocenters. The molecule has 0 aliphatic heterocycles. The predicted octanol–water partition coefficient (Wildman–Crippen LogP) is 18.6. The molecule has 0 amide bonds. The molecular weight excluding hydrogens is 813 g/mol. The Morgan fingerprint density at radius 2 is 0.697 bits per heavy atom. The normalized spacial score (nSPS) is 13.2. The lowest BCUT2D eigenvalue weighted by atomic mass is 10.1. The van der Waals surface area contributed by atoms with Crippen LogP contribution in [0.3, 0.4) is 0 Å². The molecule has 374 valence electrons. The molecule has 0 rings (SSSR count). The summed E-state index contributed by atoms with van der Waals surface area (Å²) < 4.78 is 17.4. The van der Waals surface area contributed by atoms with Crippen molar-refractivity contribution >= 4 is 11.9 Å². The fourth-order valence-electron chi connectivity index (χ4n) is 7.00. The Balaban J connectivity index is 4.42. The quantitative estimate of drug-likeness (QED) is 0.0346. The van der Waals surface area contributed by atoms with E-state index in [2.05, 4.69) is 142 Å². The topological polar surface area (TPSA) is 61.8 Å². The summed E-state index contributed by atoms with van der Waals surface area (Å²) >= 11 is 0. The van der Waals surface area contributed by atoms with Crippen LogP contribution in [-0.2, 0) is 23.8 Å². The number of allylic oxidation sites excluding steroid dienone is 20. The highest BCUT2D eigenvalue weighted by Gasteiger charge is 2.17. The van der Waals surface area contributed by atoms with Crippen molar-refractivity contribution in [1.29, 1.82) is 0 Å². The van der Waals surface area contributed by atoms with Crippen molar-refractivity contribution in [2.75, 3.05) is 19.8 Å². The molecule has 1 atom stereocenters. The summed E-state index contributed by atoms with van der Waals surface area (Å²) in [5.41, 5.74) is 0. The first kappa shape index (κ1) is 62.3. The van der Waals surface area contributed by atoms with Gasteiger partial charge in [0.2, 0.25) is 0 Å². The van der Waals surface area contributed by atoms with Crippen LogP contribution in [0.4, 0.5) is 0 Å². The van der Waals surface area contributed by atoms with E-state index in [1.54, 1.807) is 0 Å². The van der Waals surface area contributed by atoms with Gasteiger partial charge in [-0.25, -0.2) is 0 Å². The van der Waals surface area contributed by atoms with Crippen molar-refractivity contribution in [3.63, 3.8) is 0 Å². The largest absolute Gasteiger partial charge is 0.462 e. The fourth-order valence-corrected chi connectivity index (χ4v) is 7.00. The van der Waals surface area contributed by atoms with Crippen LogP contribution in [0.5, 0.6) is 0 Å². The monoisotopic (exact) mass is 913 g/mol. The van der Waals surface area contributed by atoms with Gasteiger partial charge in [0.25, 0.3) is 0 Å². The van der Waals surface area contributed by atoms with Crippen molar-refractivity contribution in [1.82, 2.24) is 0 Å². The summed E-state index contributed by atoms with van der Waals surface area (Å²) in [4.78, 5) is 25.4. The fraction of sp³-hybridized carbons (Fsp3) is 0.639. The third-order valence-corrected chi connectivity index (χ3v) is 11.0. The molecule has 0 N–H and O–H groups in total. The molecule has 66 heavy (non-hydrogen) atoms. The maximum absolute atomic E-state index is 12.8. The number of hydrogen-bond donors (Lipinski definition) is 0. The predicted molar refractivity (Wildman–Crippen MR) is 288 cm³/mol. The molecule has 0 saturated carbocycles. The Morgan fingerprint density at radius 3 is 1.14 bits per heavy atom. The maximum atomic E-state index is 12.8. The van der Waals surface area contributed by atoms with Gasteiger partial charge in [0.05, 0.1) is 6.61 Å². The van der Waals surface area contributed by atoms with Gasteiger partial charge in [0, 0.05) is 19.4 Å². The van der Waals surface area contributed by atoms with Gasteiger partial charge in [-0.05, 0) is 122 Å². The lowest BCUT2D eigenvalue weighted by Gasteiger charge is -2.18. The number of carbonyl (C=O) groups excluding carboxylic acids is 2. The molecule has 5 heteroatoms. The Bertz CT molecular complexity index is 1350. The zero-order valence-electron chi connectivity index (χ0n) is 42.9. The van der Waals surface area contributed by atoms with E-state index in [-0.39, 0.29) is 25.2 Å². The van der Waals surface area contributed by atoms with Gasteiger partial charge in [-0.2, -0.15) is 0 Å². The van der Waals surface area contributed by atoms with Gasteiger partial charge in [-0.1, -0.05) is 213 Å². The van der Waals surface area contributed by atoms with Crippen LogP contribution in [0.2, 0.25) is 0 Å². The summed E-state index contributed by atoms with van der Waals surface area (Å²) in [7, 11) is 0. The standard InChI is InChI=1S/C61H100O5/c1-4-7-10-13-16-19-22-25-28-30-32-35-38-41-44-47-50-53-56-64-57-59(66-61(63)55-52-49-46-43-40-37-33-27-24-21-18-15-12-9-6-3)58-65-60(62)54-51-48-45-42-39-36-34-31-29-26-23-20-17-14-11-8-5-2/h8-9,11-12,16-21,25-29,33-34,36,42,45,59H,4-7,10,13-15,22-24,30-32,35,37-41,43-44,46-58H2,1-3H3/b11-8-,12-9-,19-16-,20-17-,21-18-,28-25-,29-26-,33-27-,36-34-,45-42-. The van der Waals surface area contributed by atoms with Crippen molar-refractivity contribution in [3.8, 4) is 0 Å². The summed E-state index contributed by atoms with van der Waals surface area (Å²) in [5.74, 6) is -0.493. The Hall–Kier alpha value is -3.70. The summed E-state index contributed by atoms with van der Waals surface area (Å²) in [6.07, 6.45) is 77.9. The summed E-state index contributed by atoms with van der Waals surface area (Å²) in [6.45, 7) is 7.48. The molecule has 0 heterocycles. The van der Waals surface area contributed by atoms with Crippen LogP contribution < -0.4 is 0 Å². The summed E-state index contributed by atoms with van der Waals surface area (Å²) in [6, 6.07) is 0. The molecule has 0 radical (unpaired) electrons. The van der Waals surface area contributed by atoms with Crippen LogP contribution in [-0.4, -0.2) is 37.9 Å². The number of rotatable bonds is 48. The second-order valence-corrected chi connectivity index (χ2v) is 17.4. The lowest BCUT2D eigenvalue weighted by Crippen LogP contribution is -2.30. The maximum Gasteiger partial charge on any atom is 0.306 e. The molecule has 0 fully saturated rings. The average Bonchev–Trinajstić information content (AvgIpc) is 3.32. The van der Waals surface area contributed by atoms with Crippen molar-refractivity contribution in [2.45, 2.75) is 232 Å². The van der Waals surface area contributed by atoms with E-state index < -0.39 is 6.10 Å². The smallest absolute Gasteiger partial charge is 0.306 e. The lowest BCUT2D eigenvalue weighted by molar-refractivity contribution is -0.163. The first-order valence-electron chi connectivity index (χ1n) is 27.1. The van der Waals surface area contributed by atoms with Crippen LogP contribution >= 0.6 is 0 Å². The van der Waals surface area contributed by atoms with Crippen LogP contribution in [0.1, 0.15) is 226 Å². The third-order valence-electron chi connectivity index (χ3n) is 11.0. The van der Waals surface area contributed by atoms with E-state index in [9.17, 15) is 9.59 Å². The molecule has 0 bridgehead atoms. The number of esters is 2. The van der Waals surface area contributed by atoms with E-state index in [1.807, 2.05) is 0 Å². The van der Waals surface area contributed by atoms with Gasteiger partial charge in [-0.15, -0.1) is 0 Å². The molecule has 0 aromatic heterocycles. The minimum atomic E-state index is -0.580. The highest BCUT2D eigenvalue weighted by molar-refractivity contribution is 5.70. The Labute approximate surface area is 407 Å². The number of unbranched alkanes of at least 4 members (excludes halogenated alkanes) is 17. The summed E-state index contributed by atoms with van der Waals surface area (Å²) in [5, 5.41) is 0. The molecular formula is C61H100O5. The minimum absolute atomic E-state index is 0.0391. The minimum Gasteiger partial charge on any atom is -0.462 e. The number of hydrogen-bond acceptors (Lipinski definition) is 5. The van der Waals surface area contributed by atoms with Crippen molar-refractivity contribution in [2.24, 2.45) is 0 Å². The molecule has 0 aromatic rings. The van der Waals surface area contributed by atoms with Crippen LogP contribution in [0.15, 0.2) is 122 Å². The second kappa shape index (κ2) is 55.6. The molecule has 0 spiro atoms. The molecule has 0 aromatic carbocycles. The third kappa shape index (κ3) is 52.9. The molecule has 0 aliphatic carbocycles. The van der Waals surface area contributed by atoms with Crippen molar-refractivity contribution in [3.05, 3.63) is 122 Å². The zero-order chi connectivity index (χ0) is 47.7. The van der Waals surface area contributed by atoms with E-state index in [4.69, 9.17) is 14.2 Å². The number of ether oxygens (including phenoxy) is 3. The van der Waals surface area contributed by atoms with Crippen molar-refractivity contribution < 1.29 is 23.8 Å². The van der Waals surface area contributed by atoms with Crippen LogP contribution in [0.25, 0.3) is 0 Å². The van der Waals surface area contributed by atoms with E-state index in [1.165, 1.54) is 83.5 Å². The number of carbonyl (C=O) groups is 2. The van der Waals surface area contributed by atoms with Crippen LogP contribution in [0, 0.1) is 0 Å². The van der Waals surface area contributed by atoms with E-state index >= 15 is 0 Å². The molecule has 5 nitrogen and oxygen atoms in total. The highest BCUT2D eigenvalue weighted by Crippen LogP contribution is 2.13. The van der Waals surface area contributed by atoms with E-state index in [0.717, 1.165) is 109 Å². The molecule has 0 saturated heterocycles. The first-order valence-corrected chi connectivity index (χ1v) is 27.1. The van der Waals surface area contributed by atoms with Gasteiger partial charge in [0.15, 0.2) is 6.10 Å². The van der Waals surface area contributed by atoms with Gasteiger partial charge in [-0.3, -0.25) is 9.59 Å². The Morgan fingerprint density at radius 1 is 0.348 bits per heavy atom. The van der Waals surface area contributed by atoms with Gasteiger partial charge < -0.3 is 14.2 Å². The average molecular weight is 913 g/mol. The molecule has 0 aliphatic rings. The first-order chi connectivity index (χ1) is 32.6. The SMILES string of the molecule is CC/C=C\C/C=C\C/C=C\C/C=C\C/C=C\CCCC(=O)OCC(COCCCCCCCCCC/C=C\C/C=C\CCCCC)OC(=O)CCCCCCC/C=C\C/C=C\C/C=C\CC. The van der Waals surface area contributed by atoms with Gasteiger partial charge in [0.1, 0.15) is 6.61 Å². The van der Waals surface area contributed by atoms with E-state index in [0.29, 0.717) is 19.4 Å². The Kier molecular flexibility index (Phi) is 52.5. The second-order valence-electron chi connectivity index (χ2n) is 17.4. The zero-order valence-corrected chi connectivity index (χ0v) is 42.9. The van der Waals surface area contributed by atoms with Gasteiger partial charge >= 0.3 is 11.9 Å².